The van der Waals surface area contributed by atoms with E-state index in [1.54, 1.807) is 4.90 Å². The number of piperidine rings is 1. The molecule has 0 spiro atoms. The van der Waals surface area contributed by atoms with Crippen LogP contribution in [0.1, 0.15) is 18.4 Å². The number of hydrogen-bond donors (Lipinski definition) is 0. The van der Waals surface area contributed by atoms with Gasteiger partial charge in [-0.3, -0.25) is 19.3 Å². The van der Waals surface area contributed by atoms with Gasteiger partial charge in [0, 0.05) is 25.9 Å². The summed E-state index contributed by atoms with van der Waals surface area (Å²) < 4.78 is 5.21. The molecule has 0 aliphatic carbocycles. The number of benzene rings is 1. The summed E-state index contributed by atoms with van der Waals surface area (Å²) in [5.74, 6) is -0.647. The Morgan fingerprint density at radius 1 is 1.04 bits per heavy atom. The van der Waals surface area contributed by atoms with Crippen LogP contribution in [0.5, 0.6) is 0 Å². The molecule has 3 amide bonds. The smallest absolute Gasteiger partial charge is 0.242 e. The van der Waals surface area contributed by atoms with Gasteiger partial charge in [-0.05, 0) is 17.9 Å². The van der Waals surface area contributed by atoms with Gasteiger partial charge in [-0.25, -0.2) is 0 Å². The fraction of sp³-hybridized carbons (Fsp3) is 0.500. The number of morpholine rings is 1. The molecule has 0 atom stereocenters. The third-order valence-corrected chi connectivity index (χ3v) is 4.55. The molecule has 2 fully saturated rings. The number of nitrogens with zero attached hydrogens (tertiary/aromatic N) is 2. The molecular weight excluding hydrogens is 308 g/mol. The van der Waals surface area contributed by atoms with Crippen LogP contribution >= 0.6 is 0 Å². The summed E-state index contributed by atoms with van der Waals surface area (Å²) in [6.07, 6.45) is 1.34. The van der Waals surface area contributed by atoms with Gasteiger partial charge in [-0.1, -0.05) is 30.3 Å². The first-order valence-electron chi connectivity index (χ1n) is 8.36. The topological polar surface area (TPSA) is 66.9 Å². The number of carbonyl (C=O) groups is 3. The molecule has 1 aromatic carbocycles. The molecule has 24 heavy (non-hydrogen) atoms. The first-order chi connectivity index (χ1) is 11.6. The van der Waals surface area contributed by atoms with E-state index in [1.807, 2.05) is 30.3 Å². The molecule has 2 saturated heterocycles. The minimum Gasteiger partial charge on any atom is -0.378 e. The lowest BCUT2D eigenvalue weighted by Gasteiger charge is -2.32. The van der Waals surface area contributed by atoms with Crippen LogP contribution in [0.3, 0.4) is 0 Å². The third kappa shape index (κ3) is 4.00. The first kappa shape index (κ1) is 16.6. The standard InChI is InChI=1S/C18H22N2O4/c21-16-11-15(10-14-4-2-1-3-5-14)12-17(22)20(16)13-18(23)19-6-8-24-9-7-19/h1-5,15H,6-13H2. The second-order valence-electron chi connectivity index (χ2n) is 6.33. The Balaban J connectivity index is 1.56. The van der Waals surface area contributed by atoms with Gasteiger partial charge in [0.15, 0.2) is 0 Å². The molecule has 6 nitrogen and oxygen atoms in total. The zero-order valence-corrected chi connectivity index (χ0v) is 13.6. The summed E-state index contributed by atoms with van der Waals surface area (Å²) in [6, 6.07) is 9.86. The highest BCUT2D eigenvalue weighted by Gasteiger charge is 2.34. The van der Waals surface area contributed by atoms with E-state index in [0.29, 0.717) is 45.6 Å². The lowest BCUT2D eigenvalue weighted by Crippen LogP contribution is -2.51. The summed E-state index contributed by atoms with van der Waals surface area (Å²) in [6.45, 7) is 1.91. The maximum Gasteiger partial charge on any atom is 0.242 e. The fourth-order valence-electron chi connectivity index (χ4n) is 3.24. The Hall–Kier alpha value is -2.21. The van der Waals surface area contributed by atoms with Crippen molar-refractivity contribution in [3.05, 3.63) is 35.9 Å². The zero-order chi connectivity index (χ0) is 16.9. The Kier molecular flexibility index (Phi) is 5.25. The van der Waals surface area contributed by atoms with Crippen molar-refractivity contribution < 1.29 is 19.1 Å². The van der Waals surface area contributed by atoms with Crippen molar-refractivity contribution in [3.63, 3.8) is 0 Å². The monoisotopic (exact) mass is 330 g/mol. The largest absolute Gasteiger partial charge is 0.378 e. The molecule has 128 valence electrons. The van der Waals surface area contributed by atoms with Gasteiger partial charge in [0.25, 0.3) is 0 Å². The van der Waals surface area contributed by atoms with Crippen molar-refractivity contribution in [3.8, 4) is 0 Å². The van der Waals surface area contributed by atoms with Crippen LogP contribution < -0.4 is 0 Å². The number of carbonyl (C=O) groups excluding carboxylic acids is 3. The van der Waals surface area contributed by atoms with Gasteiger partial charge in [0.1, 0.15) is 6.54 Å². The van der Waals surface area contributed by atoms with E-state index in [0.717, 1.165) is 10.5 Å². The number of imide groups is 1. The first-order valence-corrected chi connectivity index (χ1v) is 8.36. The number of amides is 3. The Morgan fingerprint density at radius 3 is 2.29 bits per heavy atom. The molecule has 2 aliphatic heterocycles. The number of rotatable bonds is 4. The zero-order valence-electron chi connectivity index (χ0n) is 13.6. The van der Waals surface area contributed by atoms with E-state index < -0.39 is 0 Å². The van der Waals surface area contributed by atoms with E-state index in [2.05, 4.69) is 0 Å². The average molecular weight is 330 g/mol. The number of ether oxygens (including phenoxy) is 1. The van der Waals surface area contributed by atoms with Crippen molar-refractivity contribution in [2.45, 2.75) is 19.3 Å². The molecule has 0 bridgehead atoms. The van der Waals surface area contributed by atoms with Crippen LogP contribution in [0.4, 0.5) is 0 Å². The lowest BCUT2D eigenvalue weighted by molar-refractivity contribution is -0.155. The van der Waals surface area contributed by atoms with Gasteiger partial charge in [0.2, 0.25) is 17.7 Å². The van der Waals surface area contributed by atoms with Gasteiger partial charge >= 0.3 is 0 Å². The Morgan fingerprint density at radius 2 is 1.67 bits per heavy atom. The van der Waals surface area contributed by atoms with Crippen molar-refractivity contribution in [2.24, 2.45) is 5.92 Å². The van der Waals surface area contributed by atoms with E-state index in [-0.39, 0.29) is 30.2 Å². The summed E-state index contributed by atoms with van der Waals surface area (Å²) >= 11 is 0. The van der Waals surface area contributed by atoms with Crippen LogP contribution in [0.15, 0.2) is 30.3 Å². The van der Waals surface area contributed by atoms with Crippen molar-refractivity contribution in [1.29, 1.82) is 0 Å². The Labute approximate surface area is 141 Å². The Bertz CT molecular complexity index is 593. The summed E-state index contributed by atoms with van der Waals surface area (Å²) in [5.41, 5.74) is 1.13. The molecule has 2 heterocycles. The van der Waals surface area contributed by atoms with Gasteiger partial charge < -0.3 is 9.64 Å². The van der Waals surface area contributed by atoms with Crippen molar-refractivity contribution >= 4 is 17.7 Å². The van der Waals surface area contributed by atoms with Gasteiger partial charge in [-0.15, -0.1) is 0 Å². The lowest BCUT2D eigenvalue weighted by atomic mass is 9.89. The quantitative estimate of drug-likeness (QED) is 0.768. The highest BCUT2D eigenvalue weighted by Crippen LogP contribution is 2.23. The highest BCUT2D eigenvalue weighted by molar-refractivity contribution is 6.01. The molecule has 3 rings (SSSR count). The minimum absolute atomic E-state index is 0.0159. The molecule has 0 unspecified atom stereocenters. The molecule has 0 N–H and O–H groups in total. The maximum absolute atomic E-state index is 12.3. The van der Waals surface area contributed by atoms with Gasteiger partial charge in [-0.2, -0.15) is 0 Å². The maximum atomic E-state index is 12.3. The van der Waals surface area contributed by atoms with E-state index in [4.69, 9.17) is 4.74 Å². The molecule has 0 aromatic heterocycles. The van der Waals surface area contributed by atoms with Crippen LogP contribution in [0, 0.1) is 5.92 Å². The van der Waals surface area contributed by atoms with E-state index in [9.17, 15) is 14.4 Å². The van der Waals surface area contributed by atoms with Gasteiger partial charge in [0.05, 0.1) is 13.2 Å². The number of likely N-dealkylation sites (tertiary alicyclic amines) is 1. The molecule has 2 aliphatic rings. The predicted octanol–water partition coefficient (Wildman–Crippen LogP) is 0.853. The fourth-order valence-corrected chi connectivity index (χ4v) is 3.24. The molecule has 0 radical (unpaired) electrons. The molecule has 6 heteroatoms. The average Bonchev–Trinajstić information content (AvgIpc) is 2.59. The predicted molar refractivity (Wildman–Crippen MR) is 87.0 cm³/mol. The normalized spacial score (nSPS) is 19.7. The molecule has 1 aromatic rings. The van der Waals surface area contributed by atoms with Crippen molar-refractivity contribution in [2.75, 3.05) is 32.8 Å². The number of hydrogen-bond acceptors (Lipinski definition) is 4. The third-order valence-electron chi connectivity index (χ3n) is 4.55. The second kappa shape index (κ2) is 7.57. The summed E-state index contributed by atoms with van der Waals surface area (Å²) in [7, 11) is 0. The minimum atomic E-state index is -0.242. The second-order valence-corrected chi connectivity index (χ2v) is 6.33. The molecule has 0 saturated carbocycles. The molecular formula is C18H22N2O4. The van der Waals surface area contributed by atoms with E-state index >= 15 is 0 Å². The van der Waals surface area contributed by atoms with Crippen LogP contribution in [-0.2, 0) is 25.5 Å². The van der Waals surface area contributed by atoms with Crippen LogP contribution in [-0.4, -0.2) is 60.4 Å². The van der Waals surface area contributed by atoms with Crippen LogP contribution in [0.25, 0.3) is 0 Å². The summed E-state index contributed by atoms with van der Waals surface area (Å²) in [4.78, 5) is 39.7. The SMILES string of the molecule is O=C(CN1C(=O)CC(Cc2ccccc2)CC1=O)N1CCOCC1. The summed E-state index contributed by atoms with van der Waals surface area (Å²) in [5, 5.41) is 0. The van der Waals surface area contributed by atoms with E-state index in [1.165, 1.54) is 0 Å². The highest BCUT2D eigenvalue weighted by atomic mass is 16.5. The van der Waals surface area contributed by atoms with Crippen LogP contribution in [0.2, 0.25) is 0 Å². The van der Waals surface area contributed by atoms with Crippen molar-refractivity contribution in [1.82, 2.24) is 9.80 Å².